The highest BCUT2D eigenvalue weighted by Crippen LogP contribution is 2.31. The van der Waals surface area contributed by atoms with E-state index in [1.54, 1.807) is 17.1 Å². The molecule has 1 N–H and O–H groups in total. The minimum Gasteiger partial charge on any atom is -0.493 e. The average Bonchev–Trinajstić information content (AvgIpc) is 3.01. The van der Waals surface area contributed by atoms with Gasteiger partial charge in [0.25, 0.3) is 0 Å². The smallest absolute Gasteiger partial charge is 0.245 e. The number of rotatable bonds is 3. The molecule has 2 aromatic rings. The van der Waals surface area contributed by atoms with Gasteiger partial charge in [0.2, 0.25) is 5.91 Å². The molecular weight excluding hydrogens is 254 g/mol. The third-order valence-electron chi connectivity index (χ3n) is 3.58. The SMILES string of the molecule is C[C@@H](C(=O)N[C@H]1CCOc2ccccc21)n1cccn1. The standard InChI is InChI=1S/C15H17N3O2/c1-11(18-9-4-8-16-18)15(19)17-13-7-10-20-14-6-3-2-5-12(13)14/h2-6,8-9,11,13H,7,10H2,1H3,(H,17,19)/t11-,13-/m0/s1. The van der Waals surface area contributed by atoms with Gasteiger partial charge in [-0.05, 0) is 19.1 Å². The second kappa shape index (κ2) is 5.36. The minimum absolute atomic E-state index is 0.00506. The zero-order chi connectivity index (χ0) is 13.9. The molecule has 1 aromatic carbocycles. The average molecular weight is 271 g/mol. The lowest BCUT2D eigenvalue weighted by atomic mass is 10.0. The summed E-state index contributed by atoms with van der Waals surface area (Å²) in [5.74, 6) is 0.825. The number of aromatic nitrogens is 2. The van der Waals surface area contributed by atoms with E-state index in [9.17, 15) is 4.79 Å². The lowest BCUT2D eigenvalue weighted by Crippen LogP contribution is -2.36. The highest BCUT2D eigenvalue weighted by atomic mass is 16.5. The van der Waals surface area contributed by atoms with Gasteiger partial charge in [-0.1, -0.05) is 18.2 Å². The highest BCUT2D eigenvalue weighted by molar-refractivity contribution is 5.80. The third-order valence-corrected chi connectivity index (χ3v) is 3.58. The Morgan fingerprint density at radius 3 is 3.10 bits per heavy atom. The summed E-state index contributed by atoms with van der Waals surface area (Å²) in [6.45, 7) is 2.46. The highest BCUT2D eigenvalue weighted by Gasteiger charge is 2.25. The van der Waals surface area contributed by atoms with Crippen LogP contribution in [0.15, 0.2) is 42.7 Å². The summed E-state index contributed by atoms with van der Waals surface area (Å²) in [5, 5.41) is 7.19. The Morgan fingerprint density at radius 2 is 2.30 bits per heavy atom. The van der Waals surface area contributed by atoms with Crippen molar-refractivity contribution in [1.82, 2.24) is 15.1 Å². The number of para-hydroxylation sites is 1. The number of carbonyl (C=O) groups excluding carboxylic acids is 1. The number of amides is 1. The fourth-order valence-electron chi connectivity index (χ4n) is 2.41. The lowest BCUT2D eigenvalue weighted by Gasteiger charge is -2.27. The molecule has 1 aliphatic heterocycles. The van der Waals surface area contributed by atoms with Crippen LogP contribution in [0, 0.1) is 0 Å². The number of hydrogen-bond acceptors (Lipinski definition) is 3. The Bertz CT molecular complexity index is 595. The van der Waals surface area contributed by atoms with Crippen LogP contribution in [0.3, 0.4) is 0 Å². The molecule has 5 nitrogen and oxygen atoms in total. The second-order valence-electron chi connectivity index (χ2n) is 4.90. The van der Waals surface area contributed by atoms with E-state index >= 15 is 0 Å². The van der Waals surface area contributed by atoms with Gasteiger partial charge in [0.1, 0.15) is 11.8 Å². The number of carbonyl (C=O) groups is 1. The molecule has 2 atom stereocenters. The van der Waals surface area contributed by atoms with E-state index in [1.165, 1.54) is 0 Å². The van der Waals surface area contributed by atoms with Crippen LogP contribution < -0.4 is 10.1 Å². The Hall–Kier alpha value is -2.30. The van der Waals surface area contributed by atoms with Gasteiger partial charge in [-0.25, -0.2) is 0 Å². The molecule has 0 unspecified atom stereocenters. The number of hydrogen-bond donors (Lipinski definition) is 1. The Morgan fingerprint density at radius 1 is 1.45 bits per heavy atom. The fourth-order valence-corrected chi connectivity index (χ4v) is 2.41. The summed E-state index contributed by atoms with van der Waals surface area (Å²) in [6, 6.07) is 9.33. The van der Waals surface area contributed by atoms with Crippen LogP contribution in [-0.4, -0.2) is 22.3 Å². The number of fused-ring (bicyclic) bond motifs is 1. The molecule has 1 aliphatic rings. The van der Waals surface area contributed by atoms with E-state index in [0.29, 0.717) is 6.61 Å². The van der Waals surface area contributed by atoms with E-state index in [0.717, 1.165) is 17.7 Å². The monoisotopic (exact) mass is 271 g/mol. The van der Waals surface area contributed by atoms with Crippen molar-refractivity contribution in [3.8, 4) is 5.75 Å². The number of ether oxygens (including phenoxy) is 1. The van der Waals surface area contributed by atoms with Crippen LogP contribution in [0.1, 0.15) is 31.0 Å². The van der Waals surface area contributed by atoms with Crippen LogP contribution >= 0.6 is 0 Å². The van der Waals surface area contributed by atoms with Crippen molar-refractivity contribution in [3.05, 3.63) is 48.3 Å². The first kappa shape index (κ1) is 12.7. The molecule has 1 aromatic heterocycles. The Balaban J connectivity index is 1.74. The summed E-state index contributed by atoms with van der Waals surface area (Å²) in [7, 11) is 0. The fraction of sp³-hybridized carbons (Fsp3) is 0.333. The van der Waals surface area contributed by atoms with Gasteiger partial charge in [-0.3, -0.25) is 9.48 Å². The normalized spacial score (nSPS) is 18.8. The maximum Gasteiger partial charge on any atom is 0.245 e. The van der Waals surface area contributed by atoms with Gasteiger partial charge in [-0.2, -0.15) is 5.10 Å². The summed E-state index contributed by atoms with van der Waals surface area (Å²) in [5.41, 5.74) is 1.04. The molecule has 0 radical (unpaired) electrons. The second-order valence-corrected chi connectivity index (χ2v) is 4.90. The summed E-state index contributed by atoms with van der Waals surface area (Å²) < 4.78 is 7.25. The molecular formula is C15H17N3O2. The van der Waals surface area contributed by atoms with Crippen molar-refractivity contribution in [2.45, 2.75) is 25.4 Å². The van der Waals surface area contributed by atoms with E-state index in [4.69, 9.17) is 4.74 Å². The maximum absolute atomic E-state index is 12.3. The zero-order valence-corrected chi connectivity index (χ0v) is 11.3. The van der Waals surface area contributed by atoms with Crippen molar-refractivity contribution in [3.63, 3.8) is 0 Å². The van der Waals surface area contributed by atoms with Gasteiger partial charge < -0.3 is 10.1 Å². The molecule has 5 heteroatoms. The topological polar surface area (TPSA) is 56.1 Å². The Labute approximate surface area is 117 Å². The van der Waals surface area contributed by atoms with Gasteiger partial charge in [0, 0.05) is 24.4 Å². The lowest BCUT2D eigenvalue weighted by molar-refractivity contribution is -0.125. The molecule has 0 bridgehead atoms. The third kappa shape index (κ3) is 2.39. The first-order valence-corrected chi connectivity index (χ1v) is 6.77. The molecule has 2 heterocycles. The number of benzene rings is 1. The van der Waals surface area contributed by atoms with Gasteiger partial charge >= 0.3 is 0 Å². The summed E-state index contributed by atoms with van der Waals surface area (Å²) in [6.07, 6.45) is 4.25. The molecule has 1 amide bonds. The minimum atomic E-state index is -0.319. The van der Waals surface area contributed by atoms with Gasteiger partial charge in [-0.15, -0.1) is 0 Å². The van der Waals surface area contributed by atoms with Crippen molar-refractivity contribution in [2.75, 3.05) is 6.61 Å². The van der Waals surface area contributed by atoms with Crippen LogP contribution in [0.4, 0.5) is 0 Å². The van der Waals surface area contributed by atoms with E-state index in [-0.39, 0.29) is 18.0 Å². The number of nitrogens with one attached hydrogen (secondary N) is 1. The Kier molecular flexibility index (Phi) is 3.41. The molecule has 3 rings (SSSR count). The largest absolute Gasteiger partial charge is 0.493 e. The van der Waals surface area contributed by atoms with Crippen LogP contribution in [0.2, 0.25) is 0 Å². The predicted octanol–water partition coefficient (Wildman–Crippen LogP) is 2.08. The van der Waals surface area contributed by atoms with E-state index in [1.807, 2.05) is 37.3 Å². The summed E-state index contributed by atoms with van der Waals surface area (Å²) in [4.78, 5) is 12.3. The molecule has 0 saturated carbocycles. The molecule has 0 fully saturated rings. The van der Waals surface area contributed by atoms with Crippen molar-refractivity contribution >= 4 is 5.91 Å². The van der Waals surface area contributed by atoms with Crippen molar-refractivity contribution < 1.29 is 9.53 Å². The molecule has 0 spiro atoms. The van der Waals surface area contributed by atoms with Gasteiger partial charge in [0.05, 0.1) is 12.6 Å². The first-order chi connectivity index (χ1) is 9.75. The molecule has 104 valence electrons. The quantitative estimate of drug-likeness (QED) is 0.930. The summed E-state index contributed by atoms with van der Waals surface area (Å²) >= 11 is 0. The number of nitrogens with zero attached hydrogens (tertiary/aromatic N) is 2. The zero-order valence-electron chi connectivity index (χ0n) is 11.3. The van der Waals surface area contributed by atoms with Crippen molar-refractivity contribution in [1.29, 1.82) is 0 Å². The maximum atomic E-state index is 12.3. The van der Waals surface area contributed by atoms with Crippen LogP contribution in [0.5, 0.6) is 5.75 Å². The van der Waals surface area contributed by atoms with Crippen LogP contribution in [0.25, 0.3) is 0 Å². The predicted molar refractivity (Wildman–Crippen MR) is 74.4 cm³/mol. The van der Waals surface area contributed by atoms with Gasteiger partial charge in [0.15, 0.2) is 0 Å². The van der Waals surface area contributed by atoms with E-state index < -0.39 is 0 Å². The molecule has 0 aliphatic carbocycles. The first-order valence-electron chi connectivity index (χ1n) is 6.77. The molecule has 20 heavy (non-hydrogen) atoms. The van der Waals surface area contributed by atoms with Crippen LogP contribution in [-0.2, 0) is 4.79 Å². The molecule has 0 saturated heterocycles. The van der Waals surface area contributed by atoms with E-state index in [2.05, 4.69) is 10.4 Å². The van der Waals surface area contributed by atoms with Crippen molar-refractivity contribution in [2.24, 2.45) is 0 Å².